The molecule has 0 saturated heterocycles. The predicted octanol–water partition coefficient (Wildman–Crippen LogP) is 2.46. The highest BCUT2D eigenvalue weighted by Gasteiger charge is 2.13. The van der Waals surface area contributed by atoms with Crippen LogP contribution in [0.2, 0.25) is 0 Å². The maximum absolute atomic E-state index is 11.7. The van der Waals surface area contributed by atoms with E-state index >= 15 is 0 Å². The summed E-state index contributed by atoms with van der Waals surface area (Å²) in [6, 6.07) is 6.27. The Morgan fingerprint density at radius 2 is 1.78 bits per heavy atom. The lowest BCUT2D eigenvalue weighted by molar-refractivity contribution is -0.119. The van der Waals surface area contributed by atoms with E-state index in [9.17, 15) is 13.2 Å². The van der Waals surface area contributed by atoms with Gasteiger partial charge in [0.1, 0.15) is 0 Å². The van der Waals surface area contributed by atoms with Crippen molar-refractivity contribution in [2.75, 3.05) is 11.1 Å². The zero-order valence-corrected chi connectivity index (χ0v) is 11.8. The lowest BCUT2D eigenvalue weighted by atomic mass is 10.1. The third-order valence-electron chi connectivity index (χ3n) is 2.92. The molecule has 1 rings (SSSR count). The molecule has 0 aliphatic carbocycles. The standard InChI is InChI=1S/C13H19NO3S/c1-4-10(3)13(15)14-11-6-8-12(9-7-11)18(16,17)5-2/h6-10H,4-5H2,1-3H3,(H,14,15)/t10-/m1/s1. The molecule has 0 radical (unpaired) electrons. The minimum absolute atomic E-state index is 0.0518. The molecule has 0 bridgehead atoms. The Labute approximate surface area is 108 Å². The number of sulfone groups is 1. The molecule has 5 heteroatoms. The number of rotatable bonds is 5. The van der Waals surface area contributed by atoms with E-state index in [2.05, 4.69) is 5.32 Å². The summed E-state index contributed by atoms with van der Waals surface area (Å²) in [5.41, 5.74) is 0.621. The summed E-state index contributed by atoms with van der Waals surface area (Å²) in [6.07, 6.45) is 0.772. The molecule has 4 nitrogen and oxygen atoms in total. The predicted molar refractivity (Wildman–Crippen MR) is 72.3 cm³/mol. The zero-order chi connectivity index (χ0) is 13.8. The first-order valence-electron chi connectivity index (χ1n) is 6.04. The Bertz CT molecular complexity index is 506. The van der Waals surface area contributed by atoms with Gasteiger partial charge in [0.15, 0.2) is 9.84 Å². The van der Waals surface area contributed by atoms with Crippen LogP contribution < -0.4 is 5.32 Å². The zero-order valence-electron chi connectivity index (χ0n) is 10.9. The Morgan fingerprint density at radius 3 is 2.22 bits per heavy atom. The smallest absolute Gasteiger partial charge is 0.227 e. The van der Waals surface area contributed by atoms with Crippen LogP contribution in [0.3, 0.4) is 0 Å². The Morgan fingerprint density at radius 1 is 1.22 bits per heavy atom. The van der Waals surface area contributed by atoms with Gasteiger partial charge in [-0.15, -0.1) is 0 Å². The number of nitrogens with one attached hydrogen (secondary N) is 1. The first-order valence-corrected chi connectivity index (χ1v) is 7.69. The van der Waals surface area contributed by atoms with Crippen molar-refractivity contribution in [3.8, 4) is 0 Å². The molecule has 1 aromatic carbocycles. The molecule has 0 unspecified atom stereocenters. The number of carbonyl (C=O) groups excluding carboxylic acids is 1. The van der Waals surface area contributed by atoms with Crippen LogP contribution in [0.1, 0.15) is 27.2 Å². The SMILES string of the molecule is CC[C@@H](C)C(=O)Nc1ccc(S(=O)(=O)CC)cc1. The van der Waals surface area contributed by atoms with Crippen LogP contribution in [0.4, 0.5) is 5.69 Å². The average molecular weight is 269 g/mol. The Hall–Kier alpha value is -1.36. The Balaban J connectivity index is 2.82. The number of hydrogen-bond donors (Lipinski definition) is 1. The maximum Gasteiger partial charge on any atom is 0.227 e. The molecule has 0 spiro atoms. The van der Waals surface area contributed by atoms with E-state index in [1.807, 2.05) is 13.8 Å². The highest BCUT2D eigenvalue weighted by molar-refractivity contribution is 7.91. The van der Waals surface area contributed by atoms with E-state index in [1.165, 1.54) is 12.1 Å². The molecule has 1 aromatic rings. The lowest BCUT2D eigenvalue weighted by Crippen LogP contribution is -2.19. The van der Waals surface area contributed by atoms with Crippen molar-refractivity contribution in [2.24, 2.45) is 5.92 Å². The van der Waals surface area contributed by atoms with Crippen LogP contribution in [0, 0.1) is 5.92 Å². The van der Waals surface area contributed by atoms with Gasteiger partial charge in [-0.05, 0) is 30.7 Å². The van der Waals surface area contributed by atoms with Crippen molar-refractivity contribution in [1.82, 2.24) is 0 Å². The van der Waals surface area contributed by atoms with Gasteiger partial charge >= 0.3 is 0 Å². The van der Waals surface area contributed by atoms with Crippen LogP contribution in [0.15, 0.2) is 29.2 Å². The number of hydrogen-bond acceptors (Lipinski definition) is 3. The van der Waals surface area contributed by atoms with E-state index < -0.39 is 9.84 Å². The molecule has 0 aliphatic rings. The summed E-state index contributed by atoms with van der Waals surface area (Å²) in [5.74, 6) is -0.0291. The quantitative estimate of drug-likeness (QED) is 0.893. The van der Waals surface area contributed by atoms with Crippen LogP contribution in [0.25, 0.3) is 0 Å². The van der Waals surface area contributed by atoms with Crippen LogP contribution in [0.5, 0.6) is 0 Å². The third-order valence-corrected chi connectivity index (χ3v) is 4.67. The molecular formula is C13H19NO3S. The monoisotopic (exact) mass is 269 g/mol. The molecule has 18 heavy (non-hydrogen) atoms. The summed E-state index contributed by atoms with van der Waals surface area (Å²) in [5, 5.41) is 2.76. The molecule has 0 aliphatic heterocycles. The second kappa shape index (κ2) is 6.00. The highest BCUT2D eigenvalue weighted by atomic mass is 32.2. The lowest BCUT2D eigenvalue weighted by Gasteiger charge is -2.10. The summed E-state index contributed by atoms with van der Waals surface area (Å²) in [4.78, 5) is 11.9. The summed E-state index contributed by atoms with van der Waals surface area (Å²) in [7, 11) is -3.18. The fourth-order valence-electron chi connectivity index (χ4n) is 1.36. The fourth-order valence-corrected chi connectivity index (χ4v) is 2.25. The molecular weight excluding hydrogens is 250 g/mol. The van der Waals surface area contributed by atoms with Crippen LogP contribution >= 0.6 is 0 Å². The van der Waals surface area contributed by atoms with Crippen molar-refractivity contribution in [3.05, 3.63) is 24.3 Å². The highest BCUT2D eigenvalue weighted by Crippen LogP contribution is 2.16. The van der Waals surface area contributed by atoms with Gasteiger partial charge in [0.05, 0.1) is 10.6 Å². The third kappa shape index (κ3) is 3.57. The largest absolute Gasteiger partial charge is 0.326 e. The minimum Gasteiger partial charge on any atom is -0.326 e. The van der Waals surface area contributed by atoms with Gasteiger partial charge in [0.2, 0.25) is 5.91 Å². The van der Waals surface area contributed by atoms with Crippen molar-refractivity contribution in [1.29, 1.82) is 0 Å². The van der Waals surface area contributed by atoms with Crippen molar-refractivity contribution in [3.63, 3.8) is 0 Å². The average Bonchev–Trinajstić information content (AvgIpc) is 2.38. The fraction of sp³-hybridized carbons (Fsp3) is 0.462. The van der Waals surface area contributed by atoms with Crippen LogP contribution in [-0.2, 0) is 14.6 Å². The van der Waals surface area contributed by atoms with Gasteiger partial charge in [-0.1, -0.05) is 20.8 Å². The molecule has 100 valence electrons. The molecule has 1 amide bonds. The summed E-state index contributed by atoms with van der Waals surface area (Å²) in [6.45, 7) is 5.40. The molecule has 0 fully saturated rings. The molecule has 0 aromatic heterocycles. The molecule has 1 N–H and O–H groups in total. The van der Waals surface area contributed by atoms with Gasteiger partial charge in [0, 0.05) is 11.6 Å². The topological polar surface area (TPSA) is 63.2 Å². The van der Waals surface area contributed by atoms with Gasteiger partial charge < -0.3 is 5.32 Å². The number of amides is 1. The molecule has 1 atom stereocenters. The van der Waals surface area contributed by atoms with E-state index in [0.29, 0.717) is 5.69 Å². The number of benzene rings is 1. The van der Waals surface area contributed by atoms with Gasteiger partial charge in [-0.2, -0.15) is 0 Å². The minimum atomic E-state index is -3.18. The van der Waals surface area contributed by atoms with Gasteiger partial charge in [-0.25, -0.2) is 8.42 Å². The van der Waals surface area contributed by atoms with E-state index in [0.717, 1.165) is 6.42 Å². The molecule has 0 heterocycles. The molecule has 0 saturated carbocycles. The van der Waals surface area contributed by atoms with Crippen molar-refractivity contribution in [2.45, 2.75) is 32.1 Å². The van der Waals surface area contributed by atoms with E-state index in [4.69, 9.17) is 0 Å². The first-order chi connectivity index (χ1) is 8.40. The van der Waals surface area contributed by atoms with Gasteiger partial charge in [0.25, 0.3) is 0 Å². The van der Waals surface area contributed by atoms with Gasteiger partial charge in [-0.3, -0.25) is 4.79 Å². The normalized spacial score (nSPS) is 13.1. The van der Waals surface area contributed by atoms with Crippen LogP contribution in [-0.4, -0.2) is 20.1 Å². The summed E-state index contributed by atoms with van der Waals surface area (Å²) >= 11 is 0. The van der Waals surface area contributed by atoms with E-state index in [-0.39, 0.29) is 22.5 Å². The number of carbonyl (C=O) groups is 1. The van der Waals surface area contributed by atoms with Crippen molar-refractivity contribution < 1.29 is 13.2 Å². The first kappa shape index (κ1) is 14.7. The van der Waals surface area contributed by atoms with E-state index in [1.54, 1.807) is 19.1 Å². The Kier molecular flexibility index (Phi) is 4.90. The van der Waals surface area contributed by atoms with Crippen molar-refractivity contribution >= 4 is 21.4 Å². The second-order valence-electron chi connectivity index (χ2n) is 4.23. The maximum atomic E-state index is 11.7. The number of anilines is 1. The summed E-state index contributed by atoms with van der Waals surface area (Å²) < 4.78 is 23.2. The second-order valence-corrected chi connectivity index (χ2v) is 6.50.